The van der Waals surface area contributed by atoms with Crippen LogP contribution in [0.1, 0.15) is 31.3 Å². The highest BCUT2D eigenvalue weighted by Gasteiger charge is 2.19. The normalized spacial score (nSPS) is 14.0. The Balaban J connectivity index is 1.98. The maximum atomic E-state index is 13.0. The van der Waals surface area contributed by atoms with Gasteiger partial charge in [-0.25, -0.2) is 4.39 Å². The Labute approximate surface area is 136 Å². The van der Waals surface area contributed by atoms with Crippen molar-refractivity contribution >= 4 is 0 Å². The summed E-state index contributed by atoms with van der Waals surface area (Å²) in [6, 6.07) is 8.95. The summed E-state index contributed by atoms with van der Waals surface area (Å²) in [6.07, 6.45) is 3.71. The summed E-state index contributed by atoms with van der Waals surface area (Å²) in [5.41, 5.74) is 1.78. The Bertz CT molecular complexity index is 575. The second-order valence-electron chi connectivity index (χ2n) is 6.11. The lowest BCUT2D eigenvalue weighted by Gasteiger charge is -2.24. The van der Waals surface area contributed by atoms with E-state index >= 15 is 0 Å². The molecule has 5 heteroatoms. The van der Waals surface area contributed by atoms with Crippen LogP contribution in [0.5, 0.6) is 0 Å². The average Bonchev–Trinajstić information content (AvgIpc) is 2.56. The lowest BCUT2D eigenvalue weighted by molar-refractivity contribution is 0.212. The molecule has 2 unspecified atom stereocenters. The molecule has 0 saturated heterocycles. The summed E-state index contributed by atoms with van der Waals surface area (Å²) >= 11 is 0. The monoisotopic (exact) mass is 317 g/mol. The number of aromatic nitrogens is 2. The minimum Gasteiger partial charge on any atom is -0.396 e. The number of aliphatic hydroxyl groups excluding tert-OH is 1. The Morgan fingerprint density at radius 3 is 2.57 bits per heavy atom. The molecule has 0 aliphatic rings. The molecule has 0 amide bonds. The van der Waals surface area contributed by atoms with Gasteiger partial charge in [-0.3, -0.25) is 9.97 Å². The molecular formula is C18H24FN3O. The van der Waals surface area contributed by atoms with Crippen LogP contribution < -0.4 is 5.32 Å². The van der Waals surface area contributed by atoms with Crippen LogP contribution in [0.2, 0.25) is 0 Å². The number of hydrogen-bond donors (Lipinski definition) is 2. The number of rotatable bonds is 8. The maximum Gasteiger partial charge on any atom is 0.141 e. The Kier molecular flexibility index (Phi) is 6.62. The highest BCUT2D eigenvalue weighted by Crippen LogP contribution is 2.20. The zero-order valence-corrected chi connectivity index (χ0v) is 13.6. The van der Waals surface area contributed by atoms with Crippen molar-refractivity contribution in [1.82, 2.24) is 15.3 Å². The minimum atomic E-state index is -0.334. The van der Waals surface area contributed by atoms with E-state index in [1.54, 1.807) is 12.3 Å². The van der Waals surface area contributed by atoms with Crippen molar-refractivity contribution in [3.05, 3.63) is 59.9 Å². The van der Waals surface area contributed by atoms with E-state index in [0.717, 1.165) is 11.4 Å². The summed E-state index contributed by atoms with van der Waals surface area (Å²) in [5, 5.41) is 13.1. The number of aliphatic hydroxyl groups is 1. The highest BCUT2D eigenvalue weighted by atomic mass is 19.1. The summed E-state index contributed by atoms with van der Waals surface area (Å²) in [4.78, 5) is 8.48. The molecule has 0 spiro atoms. The Hall–Kier alpha value is -1.85. The Morgan fingerprint density at radius 2 is 2.00 bits per heavy atom. The van der Waals surface area contributed by atoms with Crippen LogP contribution in [0.25, 0.3) is 0 Å². The molecule has 0 fully saturated rings. The molecule has 0 aromatic carbocycles. The molecule has 2 atom stereocenters. The first-order valence-electron chi connectivity index (χ1n) is 7.95. The number of pyridine rings is 2. The standard InChI is InChI=1S/C18H24FN3O/c1-13(2)18(17-7-6-15(19)11-21-17)22-10-14(12-23)9-16-5-3-4-8-20-16/h3-8,11,13-14,18,22-23H,9-10,12H2,1-2H3. The number of halogens is 1. The fourth-order valence-electron chi connectivity index (χ4n) is 2.56. The van der Waals surface area contributed by atoms with Gasteiger partial charge in [-0.15, -0.1) is 0 Å². The van der Waals surface area contributed by atoms with E-state index in [9.17, 15) is 9.50 Å². The van der Waals surface area contributed by atoms with Crippen LogP contribution in [-0.4, -0.2) is 28.2 Å². The molecule has 2 aromatic heterocycles. The topological polar surface area (TPSA) is 58.0 Å². The van der Waals surface area contributed by atoms with Gasteiger partial charge in [0, 0.05) is 25.0 Å². The van der Waals surface area contributed by atoms with Crippen molar-refractivity contribution < 1.29 is 9.50 Å². The number of hydrogen-bond acceptors (Lipinski definition) is 4. The molecular weight excluding hydrogens is 293 g/mol. The number of nitrogens with zero attached hydrogens (tertiary/aromatic N) is 2. The molecule has 0 saturated carbocycles. The lowest BCUT2D eigenvalue weighted by atomic mass is 9.98. The molecule has 23 heavy (non-hydrogen) atoms. The predicted molar refractivity (Wildman–Crippen MR) is 88.3 cm³/mol. The van der Waals surface area contributed by atoms with Crippen molar-refractivity contribution in [2.24, 2.45) is 11.8 Å². The third-order valence-electron chi connectivity index (χ3n) is 3.84. The van der Waals surface area contributed by atoms with Crippen LogP contribution in [-0.2, 0) is 6.42 Å². The third-order valence-corrected chi connectivity index (χ3v) is 3.84. The molecule has 0 radical (unpaired) electrons. The Morgan fingerprint density at radius 1 is 1.17 bits per heavy atom. The highest BCUT2D eigenvalue weighted by molar-refractivity contribution is 5.11. The van der Waals surface area contributed by atoms with Crippen molar-refractivity contribution in [2.75, 3.05) is 13.2 Å². The fraction of sp³-hybridized carbons (Fsp3) is 0.444. The molecule has 0 aliphatic carbocycles. The predicted octanol–water partition coefficient (Wildman–Crippen LogP) is 2.75. The van der Waals surface area contributed by atoms with Gasteiger partial charge in [0.2, 0.25) is 0 Å². The van der Waals surface area contributed by atoms with E-state index in [4.69, 9.17) is 0 Å². The van der Waals surface area contributed by atoms with E-state index in [1.165, 1.54) is 12.3 Å². The van der Waals surface area contributed by atoms with Crippen LogP contribution >= 0.6 is 0 Å². The lowest BCUT2D eigenvalue weighted by Crippen LogP contribution is -2.33. The van der Waals surface area contributed by atoms with Gasteiger partial charge in [0.15, 0.2) is 0 Å². The molecule has 124 valence electrons. The van der Waals surface area contributed by atoms with Gasteiger partial charge >= 0.3 is 0 Å². The van der Waals surface area contributed by atoms with Crippen molar-refractivity contribution in [1.29, 1.82) is 0 Å². The van der Waals surface area contributed by atoms with Gasteiger partial charge in [-0.1, -0.05) is 19.9 Å². The first-order valence-corrected chi connectivity index (χ1v) is 7.95. The first-order chi connectivity index (χ1) is 11.1. The number of nitrogens with one attached hydrogen (secondary N) is 1. The molecule has 4 nitrogen and oxygen atoms in total. The van der Waals surface area contributed by atoms with E-state index in [2.05, 4.69) is 29.1 Å². The van der Waals surface area contributed by atoms with Gasteiger partial charge in [-0.05, 0) is 42.5 Å². The van der Waals surface area contributed by atoms with Crippen molar-refractivity contribution in [3.8, 4) is 0 Å². The van der Waals surface area contributed by atoms with Gasteiger partial charge in [0.25, 0.3) is 0 Å². The van der Waals surface area contributed by atoms with Crippen molar-refractivity contribution in [2.45, 2.75) is 26.3 Å². The zero-order valence-electron chi connectivity index (χ0n) is 13.6. The molecule has 2 N–H and O–H groups in total. The van der Waals surface area contributed by atoms with E-state index in [-0.39, 0.29) is 24.4 Å². The molecule has 2 aromatic rings. The average molecular weight is 317 g/mol. The quantitative estimate of drug-likeness (QED) is 0.786. The summed E-state index contributed by atoms with van der Waals surface area (Å²) in [5.74, 6) is 0.0494. The van der Waals surface area contributed by atoms with E-state index < -0.39 is 0 Å². The third kappa shape index (κ3) is 5.37. The summed E-state index contributed by atoms with van der Waals surface area (Å²) in [6.45, 7) is 4.92. The summed E-state index contributed by atoms with van der Waals surface area (Å²) in [7, 11) is 0. The van der Waals surface area contributed by atoms with Crippen LogP contribution in [0.3, 0.4) is 0 Å². The fourth-order valence-corrected chi connectivity index (χ4v) is 2.56. The van der Waals surface area contributed by atoms with Crippen molar-refractivity contribution in [3.63, 3.8) is 0 Å². The van der Waals surface area contributed by atoms with Gasteiger partial charge in [0.1, 0.15) is 5.82 Å². The smallest absolute Gasteiger partial charge is 0.141 e. The van der Waals surface area contributed by atoms with Gasteiger partial charge < -0.3 is 10.4 Å². The molecule has 0 bridgehead atoms. The first kappa shape index (κ1) is 17.5. The second kappa shape index (κ2) is 8.70. The van der Waals surface area contributed by atoms with Gasteiger partial charge in [0.05, 0.1) is 17.9 Å². The maximum absolute atomic E-state index is 13.0. The van der Waals surface area contributed by atoms with E-state index in [0.29, 0.717) is 18.9 Å². The van der Waals surface area contributed by atoms with E-state index in [1.807, 2.05) is 18.2 Å². The minimum absolute atomic E-state index is 0.0217. The largest absolute Gasteiger partial charge is 0.396 e. The summed E-state index contributed by atoms with van der Waals surface area (Å²) < 4.78 is 13.0. The SMILES string of the molecule is CC(C)C(NCC(CO)Cc1ccccn1)c1ccc(F)cn1. The molecule has 0 aliphatic heterocycles. The van der Waals surface area contributed by atoms with Crippen LogP contribution in [0.15, 0.2) is 42.7 Å². The van der Waals surface area contributed by atoms with Crippen LogP contribution in [0.4, 0.5) is 4.39 Å². The molecule has 2 rings (SSSR count). The van der Waals surface area contributed by atoms with Crippen LogP contribution in [0, 0.1) is 17.7 Å². The van der Waals surface area contributed by atoms with Gasteiger partial charge in [-0.2, -0.15) is 0 Å². The second-order valence-corrected chi connectivity index (χ2v) is 6.11. The molecule has 2 heterocycles. The zero-order chi connectivity index (χ0) is 16.7.